The number of halogens is 2. The Kier molecular flexibility index (Phi) is 6.66. The standard InChI is InChI=1S/C19H28F2N4O/c1-2-22-19(23-8-7-16-4-3-13-26-16)25-11-9-24(10-12-25)18-14-15(20)5-6-17(18)21/h5-6,14,16H,2-4,7-13H2,1H3,(H,22,23). The highest BCUT2D eigenvalue weighted by molar-refractivity contribution is 5.80. The van der Waals surface area contributed by atoms with Gasteiger partial charge >= 0.3 is 0 Å². The van der Waals surface area contributed by atoms with Gasteiger partial charge in [-0.1, -0.05) is 0 Å². The Hall–Kier alpha value is -1.89. The fourth-order valence-corrected chi connectivity index (χ4v) is 3.50. The second-order valence-corrected chi connectivity index (χ2v) is 6.73. The molecule has 0 aromatic heterocycles. The van der Waals surface area contributed by atoms with Gasteiger partial charge in [0.05, 0.1) is 11.8 Å². The molecular formula is C19H28F2N4O. The first kappa shape index (κ1) is 18.9. The van der Waals surface area contributed by atoms with Gasteiger partial charge in [0.15, 0.2) is 5.96 Å². The number of guanidine groups is 1. The zero-order chi connectivity index (χ0) is 18.4. The highest BCUT2D eigenvalue weighted by atomic mass is 19.1. The Labute approximate surface area is 154 Å². The van der Waals surface area contributed by atoms with Gasteiger partial charge in [0.1, 0.15) is 11.6 Å². The minimum Gasteiger partial charge on any atom is -0.378 e. The van der Waals surface area contributed by atoms with E-state index in [-0.39, 0.29) is 5.82 Å². The lowest BCUT2D eigenvalue weighted by atomic mass is 10.2. The molecule has 1 atom stereocenters. The van der Waals surface area contributed by atoms with Gasteiger partial charge in [-0.25, -0.2) is 8.78 Å². The number of hydrogen-bond donors (Lipinski definition) is 1. The van der Waals surface area contributed by atoms with Crippen molar-refractivity contribution in [2.45, 2.75) is 32.3 Å². The monoisotopic (exact) mass is 366 g/mol. The van der Waals surface area contributed by atoms with E-state index in [1.165, 1.54) is 12.1 Å². The Morgan fingerprint density at radius 1 is 1.27 bits per heavy atom. The fourth-order valence-electron chi connectivity index (χ4n) is 3.50. The second-order valence-electron chi connectivity index (χ2n) is 6.73. The number of piperazine rings is 1. The molecular weight excluding hydrogens is 338 g/mol. The van der Waals surface area contributed by atoms with E-state index < -0.39 is 5.82 Å². The third-order valence-electron chi connectivity index (χ3n) is 4.90. The molecule has 1 aromatic rings. The lowest BCUT2D eigenvalue weighted by molar-refractivity contribution is 0.106. The van der Waals surface area contributed by atoms with Crippen molar-refractivity contribution >= 4 is 11.6 Å². The van der Waals surface area contributed by atoms with Gasteiger partial charge in [0.25, 0.3) is 0 Å². The van der Waals surface area contributed by atoms with Crippen LogP contribution >= 0.6 is 0 Å². The summed E-state index contributed by atoms with van der Waals surface area (Å²) in [6.07, 6.45) is 3.56. The molecule has 0 radical (unpaired) electrons. The van der Waals surface area contributed by atoms with Crippen molar-refractivity contribution in [3.05, 3.63) is 29.8 Å². The van der Waals surface area contributed by atoms with E-state index in [4.69, 9.17) is 9.73 Å². The van der Waals surface area contributed by atoms with Crippen molar-refractivity contribution in [2.75, 3.05) is 50.8 Å². The number of hydrogen-bond acceptors (Lipinski definition) is 3. The number of rotatable bonds is 5. The zero-order valence-electron chi connectivity index (χ0n) is 15.4. The minimum absolute atomic E-state index is 0.338. The molecule has 2 heterocycles. The van der Waals surface area contributed by atoms with Gasteiger partial charge in [-0.15, -0.1) is 0 Å². The molecule has 0 amide bonds. The average Bonchev–Trinajstić information content (AvgIpc) is 3.17. The molecule has 2 fully saturated rings. The van der Waals surface area contributed by atoms with Crippen LogP contribution in [-0.4, -0.2) is 62.8 Å². The number of benzene rings is 1. The van der Waals surface area contributed by atoms with E-state index in [0.29, 0.717) is 24.9 Å². The third kappa shape index (κ3) is 4.84. The predicted molar refractivity (Wildman–Crippen MR) is 99.7 cm³/mol. The summed E-state index contributed by atoms with van der Waals surface area (Å²) in [5.74, 6) is 0.106. The minimum atomic E-state index is -0.409. The van der Waals surface area contributed by atoms with Crippen LogP contribution in [0.5, 0.6) is 0 Å². The number of aliphatic imine (C=N–C) groups is 1. The summed E-state index contributed by atoms with van der Waals surface area (Å²) in [4.78, 5) is 8.81. The summed E-state index contributed by atoms with van der Waals surface area (Å²) >= 11 is 0. The summed E-state index contributed by atoms with van der Waals surface area (Å²) in [6, 6.07) is 3.61. The molecule has 0 saturated carbocycles. The second kappa shape index (κ2) is 9.16. The molecule has 26 heavy (non-hydrogen) atoms. The quantitative estimate of drug-likeness (QED) is 0.642. The van der Waals surface area contributed by atoms with Crippen molar-refractivity contribution in [1.82, 2.24) is 10.2 Å². The van der Waals surface area contributed by atoms with Crippen LogP contribution in [0.4, 0.5) is 14.5 Å². The summed E-state index contributed by atoms with van der Waals surface area (Å²) in [5.41, 5.74) is 0.338. The molecule has 5 nitrogen and oxygen atoms in total. The number of nitrogens with one attached hydrogen (secondary N) is 1. The van der Waals surface area contributed by atoms with Gasteiger partial charge in [-0.3, -0.25) is 4.99 Å². The van der Waals surface area contributed by atoms with Gasteiger partial charge in [-0.05, 0) is 38.3 Å². The lowest BCUT2D eigenvalue weighted by Gasteiger charge is -2.37. The number of anilines is 1. The normalized spacial score (nSPS) is 21.3. The number of ether oxygens (including phenoxy) is 1. The molecule has 0 aliphatic carbocycles. The Morgan fingerprint density at radius 2 is 2.08 bits per heavy atom. The maximum Gasteiger partial charge on any atom is 0.194 e. The van der Waals surface area contributed by atoms with Crippen molar-refractivity contribution in [3.8, 4) is 0 Å². The SMILES string of the molecule is CCNC(=NCCC1CCCO1)N1CCN(c2cc(F)ccc2F)CC1. The molecule has 1 unspecified atom stereocenters. The maximum atomic E-state index is 14.0. The van der Waals surface area contributed by atoms with E-state index >= 15 is 0 Å². The Balaban J connectivity index is 1.55. The maximum absolute atomic E-state index is 14.0. The molecule has 2 aliphatic rings. The molecule has 3 rings (SSSR count). The van der Waals surface area contributed by atoms with Crippen LogP contribution in [0.1, 0.15) is 26.2 Å². The molecule has 1 N–H and O–H groups in total. The van der Waals surface area contributed by atoms with E-state index in [0.717, 1.165) is 64.1 Å². The molecule has 2 aliphatic heterocycles. The highest BCUT2D eigenvalue weighted by Crippen LogP contribution is 2.22. The van der Waals surface area contributed by atoms with Crippen molar-refractivity contribution in [2.24, 2.45) is 4.99 Å². The molecule has 0 spiro atoms. The molecule has 2 saturated heterocycles. The molecule has 0 bridgehead atoms. The summed E-state index contributed by atoms with van der Waals surface area (Å²) < 4.78 is 33.1. The third-order valence-corrected chi connectivity index (χ3v) is 4.90. The van der Waals surface area contributed by atoms with E-state index in [9.17, 15) is 8.78 Å². The van der Waals surface area contributed by atoms with E-state index in [1.54, 1.807) is 0 Å². The fraction of sp³-hybridized carbons (Fsp3) is 0.632. The van der Waals surface area contributed by atoms with Crippen LogP contribution < -0.4 is 10.2 Å². The van der Waals surface area contributed by atoms with Crippen LogP contribution in [0.15, 0.2) is 23.2 Å². The molecule has 1 aromatic carbocycles. The van der Waals surface area contributed by atoms with E-state index in [1.807, 2.05) is 11.8 Å². The van der Waals surface area contributed by atoms with Crippen LogP contribution in [-0.2, 0) is 4.74 Å². The van der Waals surface area contributed by atoms with Crippen LogP contribution in [0.3, 0.4) is 0 Å². The predicted octanol–water partition coefficient (Wildman–Crippen LogP) is 2.62. The largest absolute Gasteiger partial charge is 0.378 e. The first-order valence-electron chi connectivity index (χ1n) is 9.52. The van der Waals surface area contributed by atoms with Crippen LogP contribution in [0.2, 0.25) is 0 Å². The highest BCUT2D eigenvalue weighted by Gasteiger charge is 2.22. The number of nitrogens with zero attached hydrogens (tertiary/aromatic N) is 3. The molecule has 7 heteroatoms. The summed E-state index contributed by atoms with van der Waals surface area (Å²) in [5, 5.41) is 3.34. The van der Waals surface area contributed by atoms with Crippen molar-refractivity contribution in [3.63, 3.8) is 0 Å². The molecule has 144 valence electrons. The first-order valence-corrected chi connectivity index (χ1v) is 9.52. The van der Waals surface area contributed by atoms with Crippen molar-refractivity contribution in [1.29, 1.82) is 0 Å². The Morgan fingerprint density at radius 3 is 2.77 bits per heavy atom. The van der Waals surface area contributed by atoms with Crippen molar-refractivity contribution < 1.29 is 13.5 Å². The van der Waals surface area contributed by atoms with Gasteiger partial charge in [-0.2, -0.15) is 0 Å². The summed E-state index contributed by atoms with van der Waals surface area (Å²) in [7, 11) is 0. The van der Waals surface area contributed by atoms with E-state index in [2.05, 4.69) is 10.2 Å². The van der Waals surface area contributed by atoms with Gasteiger partial charge < -0.3 is 19.9 Å². The van der Waals surface area contributed by atoms with Gasteiger partial charge in [0, 0.05) is 51.9 Å². The lowest BCUT2D eigenvalue weighted by Crippen LogP contribution is -2.52. The Bertz CT molecular complexity index is 612. The zero-order valence-corrected chi connectivity index (χ0v) is 15.4. The topological polar surface area (TPSA) is 40.1 Å². The summed E-state index contributed by atoms with van der Waals surface area (Å²) in [6.45, 7) is 7.18. The first-order chi connectivity index (χ1) is 12.7. The van der Waals surface area contributed by atoms with Crippen LogP contribution in [0, 0.1) is 11.6 Å². The van der Waals surface area contributed by atoms with Gasteiger partial charge in [0.2, 0.25) is 0 Å². The smallest absolute Gasteiger partial charge is 0.194 e. The average molecular weight is 366 g/mol. The van der Waals surface area contributed by atoms with Crippen LogP contribution in [0.25, 0.3) is 0 Å².